The molecule has 0 bridgehead atoms. The number of rotatable bonds is 4. The van der Waals surface area contributed by atoms with Crippen LogP contribution >= 0.6 is 11.6 Å². The molecule has 6 nitrogen and oxygen atoms in total. The predicted molar refractivity (Wildman–Crippen MR) is 64.4 cm³/mol. The molecule has 2 rings (SSSR count). The lowest BCUT2D eigenvalue weighted by Gasteiger charge is -2.15. The lowest BCUT2D eigenvalue weighted by molar-refractivity contribution is 0.406. The molecule has 0 aliphatic heterocycles. The number of hydrogen-bond donors (Lipinski definition) is 0. The summed E-state index contributed by atoms with van der Waals surface area (Å²) < 4.78 is 30.5. The van der Waals surface area contributed by atoms with Gasteiger partial charge in [0.25, 0.3) is 0 Å². The molecule has 0 atom stereocenters. The fraction of sp³-hybridized carbons (Fsp3) is 0.200. The highest BCUT2D eigenvalue weighted by atomic mass is 35.5. The van der Waals surface area contributed by atoms with E-state index in [1.807, 2.05) is 0 Å². The Morgan fingerprint density at radius 2 is 2.06 bits per heavy atom. The zero-order valence-electron chi connectivity index (χ0n) is 9.45. The summed E-state index contributed by atoms with van der Waals surface area (Å²) in [5.41, 5.74) is 0. The minimum absolute atomic E-state index is 0.00244. The van der Waals surface area contributed by atoms with Crippen LogP contribution in [0, 0.1) is 0 Å². The summed E-state index contributed by atoms with van der Waals surface area (Å²) in [5.74, 6) is 0.552. The van der Waals surface area contributed by atoms with Crippen molar-refractivity contribution < 1.29 is 12.8 Å². The first-order valence-corrected chi connectivity index (χ1v) is 6.78. The first kappa shape index (κ1) is 13.0. The van der Waals surface area contributed by atoms with E-state index in [1.165, 1.54) is 25.7 Å². The van der Waals surface area contributed by atoms with E-state index < -0.39 is 10.0 Å². The maximum Gasteiger partial charge on any atom is 0.246 e. The van der Waals surface area contributed by atoms with Crippen molar-refractivity contribution in [3.8, 4) is 0 Å². The second kappa shape index (κ2) is 5.05. The maximum absolute atomic E-state index is 12.1. The Hall–Kier alpha value is -1.44. The largest absolute Gasteiger partial charge is 0.468 e. The summed E-state index contributed by atoms with van der Waals surface area (Å²) in [6.45, 7) is 0.137. The number of sulfonamides is 1. The first-order chi connectivity index (χ1) is 8.50. The van der Waals surface area contributed by atoms with Gasteiger partial charge in [0.05, 0.1) is 25.2 Å². The fourth-order valence-electron chi connectivity index (χ4n) is 1.32. The van der Waals surface area contributed by atoms with Crippen LogP contribution in [0.15, 0.2) is 40.1 Å². The summed E-state index contributed by atoms with van der Waals surface area (Å²) in [7, 11) is -2.19. The second-order valence-electron chi connectivity index (χ2n) is 3.53. The van der Waals surface area contributed by atoms with E-state index in [9.17, 15) is 8.42 Å². The van der Waals surface area contributed by atoms with Crippen molar-refractivity contribution in [3.63, 3.8) is 0 Å². The molecule has 96 valence electrons. The van der Waals surface area contributed by atoms with Gasteiger partial charge in [-0.3, -0.25) is 0 Å². The summed E-state index contributed by atoms with van der Waals surface area (Å²) >= 11 is 5.51. The highest BCUT2D eigenvalue weighted by molar-refractivity contribution is 7.89. The molecule has 0 aliphatic carbocycles. The molecule has 0 amide bonds. The molecule has 2 aromatic rings. The van der Waals surface area contributed by atoms with Crippen molar-refractivity contribution in [2.75, 3.05) is 7.05 Å². The smallest absolute Gasteiger partial charge is 0.246 e. The SMILES string of the molecule is CN(Cc1ccco1)S(=O)(=O)c1cnc(Cl)nc1. The van der Waals surface area contributed by atoms with Crippen LogP contribution in [0.5, 0.6) is 0 Å². The third kappa shape index (κ3) is 2.69. The van der Waals surface area contributed by atoms with E-state index in [1.54, 1.807) is 12.1 Å². The Labute approximate surface area is 109 Å². The van der Waals surface area contributed by atoms with E-state index in [4.69, 9.17) is 16.0 Å². The Balaban J connectivity index is 2.22. The van der Waals surface area contributed by atoms with E-state index in [2.05, 4.69) is 9.97 Å². The van der Waals surface area contributed by atoms with E-state index >= 15 is 0 Å². The van der Waals surface area contributed by atoms with Gasteiger partial charge in [0.1, 0.15) is 10.7 Å². The topological polar surface area (TPSA) is 76.3 Å². The van der Waals surface area contributed by atoms with Gasteiger partial charge >= 0.3 is 0 Å². The van der Waals surface area contributed by atoms with Gasteiger partial charge in [-0.25, -0.2) is 18.4 Å². The molecule has 2 heterocycles. The van der Waals surface area contributed by atoms with Crippen LogP contribution in [-0.2, 0) is 16.6 Å². The summed E-state index contributed by atoms with van der Waals surface area (Å²) in [6.07, 6.45) is 3.83. The molecule has 18 heavy (non-hydrogen) atoms. The molecule has 0 radical (unpaired) electrons. The predicted octanol–water partition coefficient (Wildman–Crippen LogP) is 1.54. The van der Waals surface area contributed by atoms with Gasteiger partial charge in [0, 0.05) is 7.05 Å². The van der Waals surface area contributed by atoms with Crippen molar-refractivity contribution in [1.29, 1.82) is 0 Å². The summed E-state index contributed by atoms with van der Waals surface area (Å²) in [5, 5.41) is 0.00244. The normalized spacial score (nSPS) is 11.9. The maximum atomic E-state index is 12.1. The van der Waals surface area contributed by atoms with Gasteiger partial charge < -0.3 is 4.42 Å². The molecule has 0 saturated heterocycles. The van der Waals surface area contributed by atoms with Crippen LogP contribution in [0.25, 0.3) is 0 Å². The molecule has 0 saturated carbocycles. The van der Waals surface area contributed by atoms with Crippen LogP contribution < -0.4 is 0 Å². The Bertz CT molecular complexity index is 610. The number of aromatic nitrogens is 2. The molecule has 0 unspecified atom stereocenters. The molecule has 0 aliphatic rings. The summed E-state index contributed by atoms with van der Waals surface area (Å²) in [6, 6.07) is 3.39. The van der Waals surface area contributed by atoms with Gasteiger partial charge in [0.15, 0.2) is 0 Å². The van der Waals surface area contributed by atoms with Gasteiger partial charge in [-0.2, -0.15) is 4.31 Å². The van der Waals surface area contributed by atoms with Gasteiger partial charge in [-0.05, 0) is 23.7 Å². The van der Waals surface area contributed by atoms with Crippen molar-refractivity contribution in [1.82, 2.24) is 14.3 Å². The van der Waals surface area contributed by atoms with Crippen LogP contribution in [0.1, 0.15) is 5.76 Å². The van der Waals surface area contributed by atoms with Crippen molar-refractivity contribution >= 4 is 21.6 Å². The zero-order valence-corrected chi connectivity index (χ0v) is 11.0. The van der Waals surface area contributed by atoms with E-state index in [-0.39, 0.29) is 16.7 Å². The Kier molecular flexibility index (Phi) is 3.65. The van der Waals surface area contributed by atoms with Crippen LogP contribution in [0.4, 0.5) is 0 Å². The highest BCUT2D eigenvalue weighted by Crippen LogP contribution is 2.16. The quantitative estimate of drug-likeness (QED) is 0.797. The van der Waals surface area contributed by atoms with E-state index in [0.717, 1.165) is 4.31 Å². The lowest BCUT2D eigenvalue weighted by Crippen LogP contribution is -2.26. The van der Waals surface area contributed by atoms with Crippen LogP contribution in [0.3, 0.4) is 0 Å². The molecule has 0 aromatic carbocycles. The number of nitrogens with zero attached hydrogens (tertiary/aromatic N) is 3. The average molecular weight is 288 g/mol. The van der Waals surface area contributed by atoms with Crippen molar-refractivity contribution in [3.05, 3.63) is 41.8 Å². The van der Waals surface area contributed by atoms with Gasteiger partial charge in [-0.15, -0.1) is 0 Å². The number of hydrogen-bond acceptors (Lipinski definition) is 5. The van der Waals surface area contributed by atoms with Gasteiger partial charge in [0.2, 0.25) is 15.3 Å². The van der Waals surface area contributed by atoms with Crippen LogP contribution in [0.2, 0.25) is 5.28 Å². The molecule has 2 aromatic heterocycles. The lowest BCUT2D eigenvalue weighted by atomic mass is 10.4. The van der Waals surface area contributed by atoms with Crippen molar-refractivity contribution in [2.24, 2.45) is 0 Å². The highest BCUT2D eigenvalue weighted by Gasteiger charge is 2.22. The van der Waals surface area contributed by atoms with Crippen molar-refractivity contribution in [2.45, 2.75) is 11.4 Å². The first-order valence-electron chi connectivity index (χ1n) is 4.96. The number of halogens is 1. The zero-order chi connectivity index (χ0) is 13.2. The third-order valence-corrected chi connectivity index (χ3v) is 4.21. The molecular formula is C10H10ClN3O3S. The Morgan fingerprint density at radius 3 is 2.61 bits per heavy atom. The minimum Gasteiger partial charge on any atom is -0.468 e. The number of furan rings is 1. The Morgan fingerprint density at radius 1 is 1.39 bits per heavy atom. The standard InChI is InChI=1S/C10H10ClN3O3S/c1-14(7-8-3-2-4-17-8)18(15,16)9-5-12-10(11)13-6-9/h2-6H,7H2,1H3. The molecular weight excluding hydrogens is 278 g/mol. The van der Waals surface area contributed by atoms with Crippen LogP contribution in [-0.4, -0.2) is 29.7 Å². The third-order valence-electron chi connectivity index (χ3n) is 2.26. The molecule has 0 spiro atoms. The monoisotopic (exact) mass is 287 g/mol. The fourth-order valence-corrected chi connectivity index (χ4v) is 2.45. The minimum atomic E-state index is -3.64. The molecule has 0 N–H and O–H groups in total. The summed E-state index contributed by atoms with van der Waals surface area (Å²) in [4.78, 5) is 7.29. The second-order valence-corrected chi connectivity index (χ2v) is 5.91. The molecule has 0 fully saturated rings. The van der Waals surface area contributed by atoms with E-state index in [0.29, 0.717) is 5.76 Å². The average Bonchev–Trinajstić information content (AvgIpc) is 2.82. The molecule has 8 heteroatoms. The van der Waals surface area contributed by atoms with Gasteiger partial charge in [-0.1, -0.05) is 0 Å².